The topological polar surface area (TPSA) is 78.2 Å². The fourth-order valence-electron chi connectivity index (χ4n) is 2.07. The van der Waals surface area contributed by atoms with Crippen molar-refractivity contribution < 1.29 is 9.53 Å². The number of carbonyl (C=O) groups excluding carboxylic acids is 1. The molecule has 1 aromatic heterocycles. The molecule has 100 valence electrons. The molecular formula is C12H19N3O3. The maximum absolute atomic E-state index is 11.9. The highest BCUT2D eigenvalue weighted by atomic mass is 16.6. The van der Waals surface area contributed by atoms with Gasteiger partial charge in [-0.3, -0.25) is 9.89 Å². The van der Waals surface area contributed by atoms with Crippen LogP contribution in [-0.2, 0) is 4.74 Å². The van der Waals surface area contributed by atoms with Crippen LogP contribution in [-0.4, -0.2) is 39.9 Å². The minimum atomic E-state index is -0.475. The summed E-state index contributed by atoms with van der Waals surface area (Å²) in [5.41, 5.74) is 0.240. The average molecular weight is 253 g/mol. The quantitative estimate of drug-likeness (QED) is 0.794. The third kappa shape index (κ3) is 2.94. The Balaban J connectivity index is 1.96. The largest absolute Gasteiger partial charge is 0.444 e. The summed E-state index contributed by atoms with van der Waals surface area (Å²) < 4.78 is 5.32. The highest BCUT2D eigenvalue weighted by Crippen LogP contribution is 2.26. The Morgan fingerprint density at radius 3 is 2.72 bits per heavy atom. The first kappa shape index (κ1) is 12.7. The summed E-state index contributed by atoms with van der Waals surface area (Å²) in [6.45, 7) is 6.79. The summed E-state index contributed by atoms with van der Waals surface area (Å²) in [4.78, 5) is 24.6. The number of H-pyrrole nitrogens is 2. The number of hydrogen-bond acceptors (Lipinski definition) is 3. The SMILES string of the molecule is CC(C)(C)OC(=O)N1CC[C@H](c2cc(=O)[nH][nH]2)C1. The molecule has 0 saturated carbocycles. The minimum Gasteiger partial charge on any atom is -0.444 e. The molecule has 2 rings (SSSR count). The number of ether oxygens (including phenoxy) is 1. The molecule has 0 unspecified atom stereocenters. The van der Waals surface area contributed by atoms with Gasteiger partial charge < -0.3 is 14.7 Å². The van der Waals surface area contributed by atoms with E-state index in [1.54, 1.807) is 11.0 Å². The number of hydrogen-bond donors (Lipinski definition) is 2. The third-order valence-corrected chi connectivity index (χ3v) is 2.90. The smallest absolute Gasteiger partial charge is 0.410 e. The van der Waals surface area contributed by atoms with Crippen LogP contribution in [0.15, 0.2) is 10.9 Å². The molecular weight excluding hydrogens is 234 g/mol. The molecule has 1 aliphatic rings. The second kappa shape index (κ2) is 4.51. The Kier molecular flexibility index (Phi) is 3.19. The Morgan fingerprint density at radius 1 is 1.44 bits per heavy atom. The fraction of sp³-hybridized carbons (Fsp3) is 0.667. The molecule has 1 aromatic rings. The molecule has 1 aliphatic heterocycles. The van der Waals surface area contributed by atoms with Crippen LogP contribution >= 0.6 is 0 Å². The molecule has 0 spiro atoms. The molecule has 6 heteroatoms. The molecule has 0 bridgehead atoms. The van der Waals surface area contributed by atoms with E-state index in [4.69, 9.17) is 4.74 Å². The van der Waals surface area contributed by atoms with Crippen LogP contribution in [0.1, 0.15) is 38.8 Å². The number of aromatic nitrogens is 2. The summed E-state index contributed by atoms with van der Waals surface area (Å²) >= 11 is 0. The van der Waals surface area contributed by atoms with Gasteiger partial charge in [0, 0.05) is 30.8 Å². The Labute approximate surface area is 105 Å². The first-order valence-corrected chi connectivity index (χ1v) is 6.11. The lowest BCUT2D eigenvalue weighted by Gasteiger charge is -2.24. The molecule has 1 fully saturated rings. The fourth-order valence-corrected chi connectivity index (χ4v) is 2.07. The van der Waals surface area contributed by atoms with Crippen molar-refractivity contribution in [2.75, 3.05) is 13.1 Å². The number of aromatic amines is 2. The second-order valence-corrected chi connectivity index (χ2v) is 5.63. The number of nitrogens with zero attached hydrogens (tertiary/aromatic N) is 1. The van der Waals surface area contributed by atoms with Crippen LogP contribution in [0, 0.1) is 0 Å². The van der Waals surface area contributed by atoms with E-state index in [1.807, 2.05) is 20.8 Å². The molecule has 1 amide bonds. The Bertz CT molecular complexity index is 483. The Hall–Kier alpha value is -1.72. The van der Waals surface area contributed by atoms with Crippen molar-refractivity contribution in [2.45, 2.75) is 38.7 Å². The number of nitrogens with one attached hydrogen (secondary N) is 2. The van der Waals surface area contributed by atoms with Gasteiger partial charge in [0.15, 0.2) is 0 Å². The van der Waals surface area contributed by atoms with Gasteiger partial charge in [0.25, 0.3) is 5.56 Å². The number of carbonyl (C=O) groups is 1. The predicted molar refractivity (Wildman–Crippen MR) is 66.6 cm³/mol. The van der Waals surface area contributed by atoms with E-state index in [-0.39, 0.29) is 17.6 Å². The highest BCUT2D eigenvalue weighted by molar-refractivity contribution is 5.68. The van der Waals surface area contributed by atoms with E-state index < -0.39 is 5.60 Å². The van der Waals surface area contributed by atoms with Crippen LogP contribution in [0.25, 0.3) is 0 Å². The van der Waals surface area contributed by atoms with E-state index in [9.17, 15) is 9.59 Å². The average Bonchev–Trinajstić information content (AvgIpc) is 2.82. The van der Waals surface area contributed by atoms with Gasteiger partial charge in [-0.25, -0.2) is 4.79 Å². The monoisotopic (exact) mass is 253 g/mol. The molecule has 18 heavy (non-hydrogen) atoms. The summed E-state index contributed by atoms with van der Waals surface area (Å²) in [6.07, 6.45) is 0.551. The van der Waals surface area contributed by atoms with E-state index in [1.165, 1.54) is 0 Å². The molecule has 0 radical (unpaired) electrons. The van der Waals surface area contributed by atoms with Gasteiger partial charge in [-0.15, -0.1) is 0 Å². The lowest BCUT2D eigenvalue weighted by atomic mass is 10.1. The van der Waals surface area contributed by atoms with Gasteiger partial charge in [0.2, 0.25) is 0 Å². The summed E-state index contributed by atoms with van der Waals surface area (Å²) in [6, 6.07) is 1.54. The minimum absolute atomic E-state index is 0.138. The van der Waals surface area contributed by atoms with Crippen molar-refractivity contribution in [3.05, 3.63) is 22.1 Å². The van der Waals surface area contributed by atoms with E-state index in [0.717, 1.165) is 12.1 Å². The van der Waals surface area contributed by atoms with Crippen molar-refractivity contribution >= 4 is 6.09 Å². The van der Waals surface area contributed by atoms with Gasteiger partial charge >= 0.3 is 6.09 Å². The van der Waals surface area contributed by atoms with Gasteiger partial charge in [0.1, 0.15) is 5.60 Å². The summed E-state index contributed by atoms with van der Waals surface area (Å²) in [5, 5.41) is 5.35. The zero-order chi connectivity index (χ0) is 13.3. The molecule has 1 atom stereocenters. The van der Waals surface area contributed by atoms with Gasteiger partial charge in [-0.1, -0.05) is 0 Å². The first-order valence-electron chi connectivity index (χ1n) is 6.11. The Morgan fingerprint density at radius 2 is 2.17 bits per heavy atom. The van der Waals surface area contributed by atoms with Crippen molar-refractivity contribution in [1.82, 2.24) is 15.1 Å². The van der Waals surface area contributed by atoms with Gasteiger partial charge in [-0.2, -0.15) is 0 Å². The standard InChI is InChI=1S/C12H19N3O3/c1-12(2,3)18-11(17)15-5-4-8(7-15)9-6-10(16)14-13-9/h6,8H,4-5,7H2,1-3H3,(H2,13,14,16)/t8-/m0/s1. The lowest BCUT2D eigenvalue weighted by molar-refractivity contribution is 0.0292. The van der Waals surface area contributed by atoms with Crippen molar-refractivity contribution in [3.8, 4) is 0 Å². The lowest BCUT2D eigenvalue weighted by Crippen LogP contribution is -2.35. The first-order chi connectivity index (χ1) is 8.35. The highest BCUT2D eigenvalue weighted by Gasteiger charge is 2.31. The van der Waals surface area contributed by atoms with Crippen LogP contribution in [0.5, 0.6) is 0 Å². The van der Waals surface area contributed by atoms with Crippen LogP contribution < -0.4 is 5.56 Å². The summed E-state index contributed by atoms with van der Waals surface area (Å²) in [7, 11) is 0. The molecule has 6 nitrogen and oxygen atoms in total. The number of likely N-dealkylation sites (tertiary alicyclic amines) is 1. The molecule has 0 aliphatic carbocycles. The molecule has 2 heterocycles. The van der Waals surface area contributed by atoms with Crippen LogP contribution in [0.4, 0.5) is 4.79 Å². The molecule has 0 aromatic carbocycles. The number of amides is 1. The van der Waals surface area contributed by atoms with E-state index >= 15 is 0 Å². The predicted octanol–water partition coefficient (Wildman–Crippen LogP) is 1.43. The van der Waals surface area contributed by atoms with Gasteiger partial charge in [0.05, 0.1) is 0 Å². The third-order valence-electron chi connectivity index (χ3n) is 2.90. The number of rotatable bonds is 1. The normalized spacial score (nSPS) is 20.2. The van der Waals surface area contributed by atoms with E-state index in [0.29, 0.717) is 13.1 Å². The van der Waals surface area contributed by atoms with Crippen molar-refractivity contribution in [2.24, 2.45) is 0 Å². The maximum Gasteiger partial charge on any atom is 0.410 e. The van der Waals surface area contributed by atoms with Gasteiger partial charge in [-0.05, 0) is 27.2 Å². The van der Waals surface area contributed by atoms with Crippen molar-refractivity contribution in [3.63, 3.8) is 0 Å². The second-order valence-electron chi connectivity index (χ2n) is 5.63. The molecule has 1 saturated heterocycles. The van der Waals surface area contributed by atoms with E-state index in [2.05, 4.69) is 10.2 Å². The van der Waals surface area contributed by atoms with Crippen molar-refractivity contribution in [1.29, 1.82) is 0 Å². The van der Waals surface area contributed by atoms with Crippen LogP contribution in [0.2, 0.25) is 0 Å². The molecule has 2 N–H and O–H groups in total. The maximum atomic E-state index is 11.9. The zero-order valence-corrected chi connectivity index (χ0v) is 10.9. The summed E-state index contributed by atoms with van der Waals surface area (Å²) in [5.74, 6) is 0.177. The van der Waals surface area contributed by atoms with Crippen LogP contribution in [0.3, 0.4) is 0 Å². The zero-order valence-electron chi connectivity index (χ0n) is 10.9.